The summed E-state index contributed by atoms with van der Waals surface area (Å²) in [6.07, 6.45) is 2.12. The van der Waals surface area contributed by atoms with Crippen molar-refractivity contribution in [3.05, 3.63) is 71.9 Å². The number of hydrogen-bond acceptors (Lipinski definition) is 5. The van der Waals surface area contributed by atoms with Crippen LogP contribution in [0.15, 0.2) is 65.6 Å². The Balaban J connectivity index is 1.41. The maximum absolute atomic E-state index is 12.5. The van der Waals surface area contributed by atoms with Gasteiger partial charge in [0.25, 0.3) is 0 Å². The fraction of sp³-hybridized carbons (Fsp3) is 0.280. The Morgan fingerprint density at radius 2 is 1.75 bits per heavy atom. The van der Waals surface area contributed by atoms with Crippen LogP contribution in [0.5, 0.6) is 5.75 Å². The van der Waals surface area contributed by atoms with Gasteiger partial charge in [0.15, 0.2) is 9.84 Å². The van der Waals surface area contributed by atoms with Crippen molar-refractivity contribution in [2.24, 2.45) is 5.92 Å². The number of benzene rings is 2. The summed E-state index contributed by atoms with van der Waals surface area (Å²) in [5.41, 5.74) is 3.39. The third-order valence-corrected chi connectivity index (χ3v) is 7.45. The molecule has 0 radical (unpaired) electrons. The number of aryl methyl sites for hydroxylation is 1. The summed E-state index contributed by atoms with van der Waals surface area (Å²) in [4.78, 5) is 17.3. The van der Waals surface area contributed by atoms with Crippen molar-refractivity contribution in [3.63, 3.8) is 0 Å². The summed E-state index contributed by atoms with van der Waals surface area (Å²) in [5.74, 6) is 1.53. The minimum Gasteiger partial charge on any atom is -0.496 e. The molecule has 1 N–H and O–H groups in total. The van der Waals surface area contributed by atoms with Crippen LogP contribution in [0.1, 0.15) is 24.1 Å². The van der Waals surface area contributed by atoms with Crippen LogP contribution in [0.4, 0.5) is 5.82 Å². The number of nitrogens with one attached hydrogen (secondary N) is 1. The highest BCUT2D eigenvalue weighted by atomic mass is 32.2. The maximum atomic E-state index is 12.5. The molecule has 1 saturated carbocycles. The van der Waals surface area contributed by atoms with Gasteiger partial charge in [-0.05, 0) is 61.6 Å². The highest BCUT2D eigenvalue weighted by Crippen LogP contribution is 2.33. The standard InChI is InChI=1S/C25H26N2O4S/c1-17-21(22-5-3-4-6-23(22)31-2)13-14-24(26-17)27-25(28)15-18-9-11-20(12-10-18)32(29,30)16-19-7-8-19/h3-6,9-14,19H,7-8,15-16H2,1-2H3,(H,26,27,28). The molecule has 3 aromatic rings. The molecule has 1 aromatic heterocycles. The van der Waals surface area contributed by atoms with Crippen molar-refractivity contribution in [1.29, 1.82) is 0 Å². The number of hydrogen-bond donors (Lipinski definition) is 1. The van der Waals surface area contributed by atoms with E-state index in [0.29, 0.717) is 16.6 Å². The third-order valence-electron chi connectivity index (χ3n) is 5.55. The van der Waals surface area contributed by atoms with E-state index >= 15 is 0 Å². The average Bonchev–Trinajstić information content (AvgIpc) is 3.57. The predicted molar refractivity (Wildman–Crippen MR) is 125 cm³/mol. The van der Waals surface area contributed by atoms with Crippen LogP contribution < -0.4 is 10.1 Å². The second-order valence-corrected chi connectivity index (χ2v) is 10.2. The zero-order chi connectivity index (χ0) is 22.7. The van der Waals surface area contributed by atoms with Crippen LogP contribution in [0, 0.1) is 12.8 Å². The maximum Gasteiger partial charge on any atom is 0.229 e. The van der Waals surface area contributed by atoms with E-state index in [1.165, 1.54) is 0 Å². The zero-order valence-corrected chi connectivity index (χ0v) is 19.0. The third kappa shape index (κ3) is 5.16. The first-order valence-electron chi connectivity index (χ1n) is 10.6. The number of methoxy groups -OCH3 is 1. The largest absolute Gasteiger partial charge is 0.496 e. The molecule has 1 amide bonds. The van der Waals surface area contributed by atoms with Crippen LogP contribution in [0.25, 0.3) is 11.1 Å². The minimum atomic E-state index is -3.25. The summed E-state index contributed by atoms with van der Waals surface area (Å²) < 4.78 is 30.2. The van der Waals surface area contributed by atoms with E-state index in [1.54, 1.807) is 37.4 Å². The van der Waals surface area contributed by atoms with E-state index in [4.69, 9.17) is 4.74 Å². The van der Waals surface area contributed by atoms with Gasteiger partial charge in [0.05, 0.1) is 24.2 Å². The Labute approximate surface area is 188 Å². The molecule has 0 unspecified atom stereocenters. The number of rotatable bonds is 8. The van der Waals surface area contributed by atoms with Crippen molar-refractivity contribution >= 4 is 21.6 Å². The molecule has 1 fully saturated rings. The Hall–Kier alpha value is -3.19. The predicted octanol–water partition coefficient (Wildman–Crippen LogP) is 4.43. The second-order valence-electron chi connectivity index (χ2n) is 8.12. The molecule has 0 spiro atoms. The molecular formula is C25H26N2O4S. The van der Waals surface area contributed by atoms with Crippen molar-refractivity contribution in [2.45, 2.75) is 31.1 Å². The zero-order valence-electron chi connectivity index (χ0n) is 18.2. The SMILES string of the molecule is COc1ccccc1-c1ccc(NC(=O)Cc2ccc(S(=O)(=O)CC3CC3)cc2)nc1C. The first kappa shape index (κ1) is 22.0. The van der Waals surface area contributed by atoms with Crippen molar-refractivity contribution < 1.29 is 17.9 Å². The number of pyridine rings is 1. The van der Waals surface area contributed by atoms with Crippen molar-refractivity contribution in [2.75, 3.05) is 18.2 Å². The number of sulfone groups is 1. The molecule has 1 aliphatic rings. The normalized spacial score (nSPS) is 13.6. The summed E-state index contributed by atoms with van der Waals surface area (Å²) in [5, 5.41) is 2.82. The highest BCUT2D eigenvalue weighted by molar-refractivity contribution is 7.91. The van der Waals surface area contributed by atoms with Gasteiger partial charge in [-0.15, -0.1) is 0 Å². The molecule has 1 aliphatic carbocycles. The lowest BCUT2D eigenvalue weighted by Gasteiger charge is -2.12. The minimum absolute atomic E-state index is 0.137. The number of carbonyl (C=O) groups excluding carboxylic acids is 1. The van der Waals surface area contributed by atoms with Gasteiger partial charge in [0.1, 0.15) is 11.6 Å². The summed E-state index contributed by atoms with van der Waals surface area (Å²) >= 11 is 0. The molecular weight excluding hydrogens is 424 g/mol. The van der Waals surface area contributed by atoms with Crippen LogP contribution in [0.3, 0.4) is 0 Å². The first-order valence-corrected chi connectivity index (χ1v) is 12.2. The lowest BCUT2D eigenvalue weighted by Crippen LogP contribution is -2.16. The number of carbonyl (C=O) groups is 1. The molecule has 4 rings (SSSR count). The molecule has 7 heteroatoms. The number of anilines is 1. The Morgan fingerprint density at radius 1 is 1.03 bits per heavy atom. The first-order chi connectivity index (χ1) is 15.4. The van der Waals surface area contributed by atoms with Gasteiger partial charge in [-0.3, -0.25) is 4.79 Å². The monoisotopic (exact) mass is 450 g/mol. The molecule has 0 aliphatic heterocycles. The molecule has 0 bridgehead atoms. The van der Waals surface area contributed by atoms with E-state index in [-0.39, 0.29) is 18.1 Å². The Bertz CT molecular complexity index is 1230. The van der Waals surface area contributed by atoms with Crippen LogP contribution in [0.2, 0.25) is 0 Å². The summed E-state index contributed by atoms with van der Waals surface area (Å²) in [6.45, 7) is 1.89. The Morgan fingerprint density at radius 3 is 2.41 bits per heavy atom. The number of ether oxygens (including phenoxy) is 1. The second kappa shape index (κ2) is 9.12. The van der Waals surface area contributed by atoms with Gasteiger partial charge < -0.3 is 10.1 Å². The van der Waals surface area contributed by atoms with E-state index < -0.39 is 9.84 Å². The van der Waals surface area contributed by atoms with E-state index in [1.807, 2.05) is 37.3 Å². The summed E-state index contributed by atoms with van der Waals surface area (Å²) in [7, 11) is -1.62. The molecule has 2 aromatic carbocycles. The Kier molecular flexibility index (Phi) is 6.28. The van der Waals surface area contributed by atoms with Gasteiger partial charge in [-0.25, -0.2) is 13.4 Å². The van der Waals surface area contributed by atoms with Crippen molar-refractivity contribution in [3.8, 4) is 16.9 Å². The van der Waals surface area contributed by atoms with E-state index in [2.05, 4.69) is 10.3 Å². The van der Waals surface area contributed by atoms with Crippen LogP contribution in [-0.2, 0) is 21.1 Å². The smallest absolute Gasteiger partial charge is 0.229 e. The van der Waals surface area contributed by atoms with Gasteiger partial charge in [-0.1, -0.05) is 30.3 Å². The van der Waals surface area contributed by atoms with Crippen LogP contribution >= 0.6 is 0 Å². The molecule has 1 heterocycles. The fourth-order valence-corrected chi connectivity index (χ4v) is 5.36. The average molecular weight is 451 g/mol. The number of aromatic nitrogens is 1. The highest BCUT2D eigenvalue weighted by Gasteiger charge is 2.29. The van der Waals surface area contributed by atoms with Gasteiger partial charge in [-0.2, -0.15) is 0 Å². The summed E-state index contributed by atoms with van der Waals surface area (Å²) in [6, 6.07) is 18.0. The molecule has 32 heavy (non-hydrogen) atoms. The fourth-order valence-electron chi connectivity index (χ4n) is 3.66. The molecule has 0 atom stereocenters. The van der Waals surface area contributed by atoms with Crippen LogP contribution in [-0.4, -0.2) is 32.2 Å². The molecule has 166 valence electrons. The number of para-hydroxylation sites is 1. The van der Waals surface area contributed by atoms with Gasteiger partial charge >= 0.3 is 0 Å². The van der Waals surface area contributed by atoms with Crippen molar-refractivity contribution in [1.82, 2.24) is 4.98 Å². The van der Waals surface area contributed by atoms with Gasteiger partial charge in [0, 0.05) is 16.8 Å². The topological polar surface area (TPSA) is 85.4 Å². The molecule has 0 saturated heterocycles. The number of nitrogens with zero attached hydrogens (tertiary/aromatic N) is 1. The lowest BCUT2D eigenvalue weighted by atomic mass is 10.0. The van der Waals surface area contributed by atoms with Gasteiger partial charge in [0.2, 0.25) is 5.91 Å². The quantitative estimate of drug-likeness (QED) is 0.549. The number of amides is 1. The van der Waals surface area contributed by atoms with E-state index in [9.17, 15) is 13.2 Å². The van der Waals surface area contributed by atoms with E-state index in [0.717, 1.165) is 41.0 Å². The molecule has 6 nitrogen and oxygen atoms in total. The lowest BCUT2D eigenvalue weighted by molar-refractivity contribution is -0.115.